The summed E-state index contributed by atoms with van der Waals surface area (Å²) >= 11 is 3.34. The topological polar surface area (TPSA) is 59.2 Å². The fourth-order valence-electron chi connectivity index (χ4n) is 2.01. The Morgan fingerprint density at radius 1 is 1.58 bits per heavy atom. The molecule has 0 bridgehead atoms. The molecule has 1 heterocycles. The first kappa shape index (κ1) is 14.3. The Kier molecular flexibility index (Phi) is 4.45. The second-order valence-electron chi connectivity index (χ2n) is 5.50. The van der Waals surface area contributed by atoms with Crippen LogP contribution in [0.15, 0.2) is 16.7 Å². The number of pyridine rings is 1. The highest BCUT2D eigenvalue weighted by atomic mass is 79.9. The molecule has 1 fully saturated rings. The fraction of sp³-hybridized carbons (Fsp3) is 0.571. The molecule has 0 aliphatic heterocycles. The lowest BCUT2D eigenvalue weighted by Crippen LogP contribution is -2.35. The van der Waals surface area contributed by atoms with Crippen LogP contribution in [0.1, 0.15) is 43.5 Å². The van der Waals surface area contributed by atoms with Gasteiger partial charge in [-0.15, -0.1) is 0 Å². The number of nitrogens with zero attached hydrogens (tertiary/aromatic N) is 2. The van der Waals surface area contributed by atoms with Crippen molar-refractivity contribution in [1.29, 1.82) is 0 Å². The van der Waals surface area contributed by atoms with E-state index in [4.69, 9.17) is 5.73 Å². The van der Waals surface area contributed by atoms with Gasteiger partial charge in [-0.1, -0.05) is 13.8 Å². The van der Waals surface area contributed by atoms with Crippen LogP contribution in [0.25, 0.3) is 0 Å². The van der Waals surface area contributed by atoms with E-state index in [9.17, 15) is 4.79 Å². The van der Waals surface area contributed by atoms with Crippen LogP contribution in [0, 0.1) is 5.92 Å². The summed E-state index contributed by atoms with van der Waals surface area (Å²) in [6.45, 7) is 5.14. The second-order valence-corrected chi connectivity index (χ2v) is 6.41. The summed E-state index contributed by atoms with van der Waals surface area (Å²) in [5, 5.41) is 0. The molecule has 19 heavy (non-hydrogen) atoms. The van der Waals surface area contributed by atoms with Gasteiger partial charge in [0.05, 0.1) is 5.56 Å². The number of nitrogen functional groups attached to an aromatic ring is 1. The molecule has 0 spiro atoms. The molecule has 1 amide bonds. The lowest BCUT2D eigenvalue weighted by Gasteiger charge is -2.24. The van der Waals surface area contributed by atoms with Crippen LogP contribution in [0.3, 0.4) is 0 Å². The number of amides is 1. The molecule has 1 aliphatic rings. The number of halogens is 1. The Morgan fingerprint density at radius 3 is 2.84 bits per heavy atom. The average molecular weight is 326 g/mol. The van der Waals surface area contributed by atoms with E-state index < -0.39 is 0 Å². The van der Waals surface area contributed by atoms with Gasteiger partial charge in [-0.25, -0.2) is 4.98 Å². The smallest absolute Gasteiger partial charge is 0.257 e. The van der Waals surface area contributed by atoms with Gasteiger partial charge in [-0.05, 0) is 47.2 Å². The Bertz CT molecular complexity index is 472. The van der Waals surface area contributed by atoms with Crippen molar-refractivity contribution in [2.75, 3.05) is 12.3 Å². The quantitative estimate of drug-likeness (QED) is 0.905. The fourth-order valence-corrected chi connectivity index (χ4v) is 2.34. The highest BCUT2D eigenvalue weighted by molar-refractivity contribution is 9.10. The Morgan fingerprint density at radius 2 is 2.26 bits per heavy atom. The van der Waals surface area contributed by atoms with Gasteiger partial charge in [0.15, 0.2) is 0 Å². The third kappa shape index (κ3) is 3.69. The molecule has 0 radical (unpaired) electrons. The minimum atomic E-state index is 0.00875. The number of carbonyl (C=O) groups is 1. The molecule has 2 rings (SSSR count). The predicted molar refractivity (Wildman–Crippen MR) is 79.9 cm³/mol. The zero-order valence-corrected chi connectivity index (χ0v) is 13.0. The number of hydrogen-bond donors (Lipinski definition) is 1. The molecule has 1 aromatic rings. The number of hydrogen-bond acceptors (Lipinski definition) is 3. The van der Waals surface area contributed by atoms with Crippen molar-refractivity contribution in [2.24, 2.45) is 5.92 Å². The van der Waals surface area contributed by atoms with Crippen molar-refractivity contribution in [3.05, 3.63) is 22.3 Å². The Hall–Kier alpha value is -1.10. The normalized spacial score (nSPS) is 14.7. The first-order valence-electron chi connectivity index (χ1n) is 6.71. The van der Waals surface area contributed by atoms with E-state index >= 15 is 0 Å². The summed E-state index contributed by atoms with van der Waals surface area (Å²) in [4.78, 5) is 18.6. The number of anilines is 1. The van der Waals surface area contributed by atoms with Crippen LogP contribution in [0.2, 0.25) is 0 Å². The molecular formula is C14H20BrN3O. The molecular weight excluding hydrogens is 306 g/mol. The van der Waals surface area contributed by atoms with E-state index in [0.717, 1.165) is 30.3 Å². The number of nitrogens with two attached hydrogens (primary N) is 1. The van der Waals surface area contributed by atoms with Crippen LogP contribution in [-0.2, 0) is 0 Å². The predicted octanol–water partition coefficient (Wildman–Crippen LogP) is 3.08. The van der Waals surface area contributed by atoms with Gasteiger partial charge in [-0.3, -0.25) is 4.79 Å². The molecule has 0 aromatic carbocycles. The zero-order valence-electron chi connectivity index (χ0n) is 11.4. The van der Waals surface area contributed by atoms with Gasteiger partial charge in [0.1, 0.15) is 5.82 Å². The van der Waals surface area contributed by atoms with E-state index in [0.29, 0.717) is 23.3 Å². The molecule has 0 unspecified atom stereocenters. The second kappa shape index (κ2) is 5.90. The Balaban J connectivity index is 2.16. The van der Waals surface area contributed by atoms with E-state index in [-0.39, 0.29) is 5.91 Å². The highest BCUT2D eigenvalue weighted by Gasteiger charge is 2.33. The van der Waals surface area contributed by atoms with E-state index in [1.807, 2.05) is 4.90 Å². The minimum absolute atomic E-state index is 0.00875. The van der Waals surface area contributed by atoms with Crippen LogP contribution >= 0.6 is 15.9 Å². The summed E-state index contributed by atoms with van der Waals surface area (Å²) in [6.07, 6.45) is 4.83. The minimum Gasteiger partial charge on any atom is -0.383 e. The van der Waals surface area contributed by atoms with Gasteiger partial charge in [0.2, 0.25) is 0 Å². The van der Waals surface area contributed by atoms with Crippen LogP contribution < -0.4 is 5.73 Å². The maximum absolute atomic E-state index is 12.6. The van der Waals surface area contributed by atoms with Gasteiger partial charge >= 0.3 is 0 Å². The summed E-state index contributed by atoms with van der Waals surface area (Å²) in [5.41, 5.74) is 6.33. The van der Waals surface area contributed by atoms with Crippen molar-refractivity contribution >= 4 is 27.7 Å². The van der Waals surface area contributed by atoms with Crippen molar-refractivity contribution in [3.8, 4) is 0 Å². The summed E-state index contributed by atoms with van der Waals surface area (Å²) in [7, 11) is 0. The van der Waals surface area contributed by atoms with E-state index in [1.54, 1.807) is 12.3 Å². The molecule has 104 valence electrons. The standard InChI is InChI=1S/C14H20BrN3O/c1-9(2)5-6-18(11-3-4-11)14(19)12-7-10(15)8-17-13(12)16/h7-9,11H,3-6H2,1-2H3,(H2,16,17). The molecule has 1 aliphatic carbocycles. The third-order valence-electron chi connectivity index (χ3n) is 3.31. The highest BCUT2D eigenvalue weighted by Crippen LogP contribution is 2.30. The van der Waals surface area contributed by atoms with Crippen molar-refractivity contribution < 1.29 is 4.79 Å². The summed E-state index contributed by atoms with van der Waals surface area (Å²) in [6, 6.07) is 2.15. The Labute approximate surface area is 122 Å². The largest absolute Gasteiger partial charge is 0.383 e. The summed E-state index contributed by atoms with van der Waals surface area (Å²) < 4.78 is 0.782. The van der Waals surface area contributed by atoms with Crippen LogP contribution in [0.5, 0.6) is 0 Å². The summed E-state index contributed by atoms with van der Waals surface area (Å²) in [5.74, 6) is 0.907. The molecule has 1 aromatic heterocycles. The monoisotopic (exact) mass is 325 g/mol. The molecule has 2 N–H and O–H groups in total. The van der Waals surface area contributed by atoms with Crippen molar-refractivity contribution in [3.63, 3.8) is 0 Å². The van der Waals surface area contributed by atoms with E-state index in [2.05, 4.69) is 34.8 Å². The number of rotatable bonds is 5. The van der Waals surface area contributed by atoms with Crippen LogP contribution in [-0.4, -0.2) is 28.4 Å². The van der Waals surface area contributed by atoms with Gasteiger partial charge in [0, 0.05) is 23.3 Å². The van der Waals surface area contributed by atoms with Crippen molar-refractivity contribution in [1.82, 2.24) is 9.88 Å². The zero-order chi connectivity index (χ0) is 14.0. The lowest BCUT2D eigenvalue weighted by atomic mass is 10.1. The first-order chi connectivity index (χ1) is 8.99. The third-order valence-corrected chi connectivity index (χ3v) is 3.75. The van der Waals surface area contributed by atoms with Crippen LogP contribution in [0.4, 0.5) is 5.82 Å². The molecule has 4 nitrogen and oxygen atoms in total. The molecule has 0 saturated heterocycles. The SMILES string of the molecule is CC(C)CCN(C(=O)c1cc(Br)cnc1N)C1CC1. The maximum Gasteiger partial charge on any atom is 0.257 e. The van der Waals surface area contributed by atoms with Crippen molar-refractivity contribution in [2.45, 2.75) is 39.2 Å². The molecule has 5 heteroatoms. The number of carbonyl (C=O) groups excluding carboxylic acids is 1. The number of aromatic nitrogens is 1. The maximum atomic E-state index is 12.6. The van der Waals surface area contributed by atoms with E-state index in [1.165, 1.54) is 0 Å². The average Bonchev–Trinajstić information content (AvgIpc) is 3.16. The van der Waals surface area contributed by atoms with Gasteiger partial charge < -0.3 is 10.6 Å². The molecule has 0 atom stereocenters. The lowest BCUT2D eigenvalue weighted by molar-refractivity contribution is 0.0736. The first-order valence-corrected chi connectivity index (χ1v) is 7.50. The van der Waals surface area contributed by atoms with Gasteiger partial charge in [0.25, 0.3) is 5.91 Å². The van der Waals surface area contributed by atoms with Gasteiger partial charge in [-0.2, -0.15) is 0 Å². The molecule has 1 saturated carbocycles.